The summed E-state index contributed by atoms with van der Waals surface area (Å²) >= 11 is -0.860. The van der Waals surface area contributed by atoms with Crippen LogP contribution in [0, 0.1) is 0 Å². The van der Waals surface area contributed by atoms with E-state index in [2.05, 4.69) is 36.6 Å². The number of anilines is 2. The fraction of sp³-hybridized carbons (Fsp3) is 0.189. The number of aromatic hydroxyl groups is 1. The number of carboxylic acids is 1. The van der Waals surface area contributed by atoms with Crippen molar-refractivity contribution in [2.45, 2.75) is 6.04 Å². The molecule has 0 bridgehead atoms. The topological polar surface area (TPSA) is 195 Å². The van der Waals surface area contributed by atoms with Gasteiger partial charge in [0.15, 0.2) is 9.88 Å². The van der Waals surface area contributed by atoms with E-state index < -0.39 is 38.6 Å². The van der Waals surface area contributed by atoms with Crippen LogP contribution in [-0.4, -0.2) is 81.1 Å². The molecular formula is C37H38IN7O7. The van der Waals surface area contributed by atoms with E-state index in [-0.39, 0.29) is 11.7 Å². The summed E-state index contributed by atoms with van der Waals surface area (Å²) < 4.78 is 12.6. The number of phenolic OH excluding ortho intramolecular Hbond substituents is 1. The van der Waals surface area contributed by atoms with Crippen LogP contribution in [-0.2, 0) is 14.3 Å². The molecule has 1 heterocycles. The standard InChI is InChI=1S/C37H38IN7O7/c46-30-17-15-29(16-18-30)42-37-44-35(40-20-22-52-24-23-51-21-19-39-32(47)26-9-5-2-6-10-26)38-36(45-37)41-28-13-11-27(12-14-28)33(48)43-31(34(49)50)25-7-3-1-4-8-25/h1-18,31,46H,19-24H2,(H,39,47)(H,43,48)(H,49,50)(H3,40,41,42,44,45). The number of halogens is 1. The zero-order valence-electron chi connectivity index (χ0n) is 27.9. The van der Waals surface area contributed by atoms with Crippen molar-refractivity contribution in [3.05, 3.63) is 126 Å². The minimum Gasteiger partial charge on any atom is -0.508 e. The van der Waals surface area contributed by atoms with Crippen LogP contribution in [0.5, 0.6) is 5.75 Å². The molecule has 14 nitrogen and oxygen atoms in total. The molecule has 52 heavy (non-hydrogen) atoms. The number of carbonyl (C=O) groups is 3. The Morgan fingerprint density at radius 3 is 2.06 bits per heavy atom. The highest BCUT2D eigenvalue weighted by molar-refractivity contribution is 14.2. The minimum absolute atomic E-state index is 0.141. The van der Waals surface area contributed by atoms with Gasteiger partial charge in [0.05, 0.1) is 33.0 Å². The molecular weight excluding hydrogens is 781 g/mol. The Hall–Kier alpha value is -5.65. The molecule has 5 rings (SSSR count). The number of nitrogens with zero attached hydrogens (tertiary/aromatic N) is 2. The molecule has 7 N–H and O–H groups in total. The number of benzene rings is 4. The van der Waals surface area contributed by atoms with Crippen LogP contribution in [0.2, 0.25) is 0 Å². The molecule has 0 aromatic heterocycles. The maximum absolute atomic E-state index is 12.9. The van der Waals surface area contributed by atoms with Crippen molar-refractivity contribution in [1.29, 1.82) is 0 Å². The largest absolute Gasteiger partial charge is 0.508 e. The van der Waals surface area contributed by atoms with Crippen LogP contribution < -0.4 is 26.6 Å². The zero-order chi connectivity index (χ0) is 36.5. The monoisotopic (exact) mass is 819 g/mol. The molecule has 0 saturated heterocycles. The van der Waals surface area contributed by atoms with E-state index in [0.717, 1.165) is 3.76 Å². The molecule has 2 amide bonds. The normalized spacial score (nSPS) is 13.7. The van der Waals surface area contributed by atoms with E-state index >= 15 is 0 Å². The van der Waals surface area contributed by atoms with Gasteiger partial charge in [0.25, 0.3) is 11.8 Å². The molecule has 15 heteroatoms. The van der Waals surface area contributed by atoms with Gasteiger partial charge in [-0.2, -0.15) is 4.99 Å². The number of amides is 2. The molecule has 1 aliphatic rings. The Balaban J connectivity index is 1.12. The van der Waals surface area contributed by atoms with Crippen LogP contribution >= 0.6 is 20.7 Å². The van der Waals surface area contributed by atoms with Gasteiger partial charge < -0.3 is 46.3 Å². The number of guanidine groups is 1. The number of aliphatic imine (C=N–C) groups is 2. The van der Waals surface area contributed by atoms with Gasteiger partial charge in [-0.05, 0) is 66.2 Å². The summed E-state index contributed by atoms with van der Waals surface area (Å²) in [7, 11) is 0. The summed E-state index contributed by atoms with van der Waals surface area (Å²) in [5.41, 5.74) is 2.79. The Labute approximate surface area is 310 Å². The van der Waals surface area contributed by atoms with E-state index in [9.17, 15) is 24.6 Å². The third-order valence-electron chi connectivity index (χ3n) is 7.22. The highest BCUT2D eigenvalue weighted by atomic mass is 127. The smallest absolute Gasteiger partial charge is 0.330 e. The molecule has 0 saturated carbocycles. The molecule has 4 aromatic carbocycles. The van der Waals surface area contributed by atoms with E-state index in [1.165, 1.54) is 0 Å². The second kappa shape index (κ2) is 19.7. The Morgan fingerprint density at radius 1 is 0.750 bits per heavy atom. The Kier molecular flexibility index (Phi) is 14.2. The number of hydrogen-bond acceptors (Lipinski definition) is 10. The second-order valence-corrected chi connectivity index (χ2v) is 13.6. The third-order valence-corrected chi connectivity index (χ3v) is 9.36. The predicted molar refractivity (Wildman–Crippen MR) is 208 cm³/mol. The summed E-state index contributed by atoms with van der Waals surface area (Å²) in [6.45, 7) is 2.27. The van der Waals surface area contributed by atoms with Crippen LogP contribution in [0.15, 0.2) is 119 Å². The van der Waals surface area contributed by atoms with Crippen LogP contribution in [0.4, 0.5) is 11.4 Å². The number of hydrogen-bond donors (Lipinski definition) is 7. The molecule has 0 radical (unpaired) electrons. The van der Waals surface area contributed by atoms with Gasteiger partial charge in [0.1, 0.15) is 9.51 Å². The van der Waals surface area contributed by atoms with Gasteiger partial charge in [-0.15, -0.1) is 0 Å². The van der Waals surface area contributed by atoms with E-state index in [1.807, 2.05) is 18.2 Å². The average Bonchev–Trinajstić information content (AvgIpc) is 3.16. The van der Waals surface area contributed by atoms with Gasteiger partial charge >= 0.3 is 5.97 Å². The Morgan fingerprint density at radius 2 is 1.37 bits per heavy atom. The first-order valence-electron chi connectivity index (χ1n) is 16.3. The SMILES string of the molecule is O=C(NCCOCCOCCN=C1N=C(Nc2ccc(O)cc2)NC(Nc2ccc(C(=O)NC(C(=O)O)c3ccccc3)cc2)=I1)c1ccccc1. The molecule has 0 spiro atoms. The van der Waals surface area contributed by atoms with Gasteiger partial charge in [0.2, 0.25) is 5.96 Å². The second-order valence-electron chi connectivity index (χ2n) is 11.0. The fourth-order valence-electron chi connectivity index (χ4n) is 4.65. The summed E-state index contributed by atoms with van der Waals surface area (Å²) in [6, 6.07) is 29.6. The minimum atomic E-state index is -1.18. The van der Waals surface area contributed by atoms with Gasteiger partial charge in [-0.3, -0.25) is 14.6 Å². The number of rotatable bonds is 17. The molecule has 4 aromatic rings. The first-order chi connectivity index (χ1) is 25.3. The predicted octanol–water partition coefficient (Wildman–Crippen LogP) is 4.31. The van der Waals surface area contributed by atoms with Gasteiger partial charge in [0, 0.05) is 49.8 Å². The first-order valence-corrected chi connectivity index (χ1v) is 18.4. The van der Waals surface area contributed by atoms with Crippen molar-refractivity contribution in [3.8, 4) is 5.75 Å². The molecule has 270 valence electrons. The lowest BCUT2D eigenvalue weighted by molar-refractivity contribution is -0.139. The lowest BCUT2D eigenvalue weighted by atomic mass is 10.1. The zero-order valence-corrected chi connectivity index (χ0v) is 30.1. The van der Waals surface area contributed by atoms with Crippen LogP contribution in [0.25, 0.3) is 0 Å². The third kappa shape index (κ3) is 12.0. The number of ether oxygens (including phenoxy) is 2. The summed E-state index contributed by atoms with van der Waals surface area (Å²) in [6.07, 6.45) is 0. The summed E-state index contributed by atoms with van der Waals surface area (Å²) in [5.74, 6) is -1.24. The first kappa shape index (κ1) is 37.6. The summed E-state index contributed by atoms with van der Waals surface area (Å²) in [4.78, 5) is 46.2. The number of carbonyl (C=O) groups excluding carboxylic acids is 2. The lowest BCUT2D eigenvalue weighted by Gasteiger charge is -2.20. The van der Waals surface area contributed by atoms with Gasteiger partial charge in [-0.25, -0.2) is 4.79 Å². The van der Waals surface area contributed by atoms with Crippen molar-refractivity contribution in [2.75, 3.05) is 50.2 Å². The van der Waals surface area contributed by atoms with Crippen molar-refractivity contribution < 1.29 is 34.1 Å². The summed E-state index contributed by atoms with van der Waals surface area (Å²) in [5, 5.41) is 34.6. The molecule has 1 atom stereocenters. The van der Waals surface area contributed by atoms with Crippen molar-refractivity contribution >= 4 is 63.4 Å². The molecule has 1 unspecified atom stereocenters. The molecule has 0 fully saturated rings. The fourth-order valence-corrected chi connectivity index (χ4v) is 6.74. The van der Waals surface area contributed by atoms with Crippen molar-refractivity contribution in [3.63, 3.8) is 0 Å². The van der Waals surface area contributed by atoms with Gasteiger partial charge in [-0.1, -0.05) is 48.5 Å². The highest BCUT2D eigenvalue weighted by Crippen LogP contribution is 2.19. The van der Waals surface area contributed by atoms with Crippen molar-refractivity contribution in [2.24, 2.45) is 9.98 Å². The average molecular weight is 820 g/mol. The Bertz CT molecular complexity index is 1890. The van der Waals surface area contributed by atoms with E-state index in [4.69, 9.17) is 9.47 Å². The number of aliphatic carboxylic acids is 1. The maximum atomic E-state index is 12.9. The number of nitrogens with one attached hydrogen (secondary N) is 5. The van der Waals surface area contributed by atoms with Crippen molar-refractivity contribution in [1.82, 2.24) is 16.0 Å². The number of phenols is 1. The molecule has 1 aliphatic heterocycles. The number of amidine groups is 1. The van der Waals surface area contributed by atoms with Crippen LogP contribution in [0.1, 0.15) is 32.3 Å². The lowest BCUT2D eigenvalue weighted by Crippen LogP contribution is -2.41. The number of carboxylic acid groups (broad SMARTS) is 1. The highest BCUT2D eigenvalue weighted by Gasteiger charge is 2.22. The molecule has 0 aliphatic carbocycles. The van der Waals surface area contributed by atoms with E-state index in [1.54, 1.807) is 91.0 Å². The van der Waals surface area contributed by atoms with Crippen LogP contribution in [0.3, 0.4) is 0 Å². The quantitative estimate of drug-likeness (QED) is 0.0350. The maximum Gasteiger partial charge on any atom is 0.330 e. The van der Waals surface area contributed by atoms with E-state index in [0.29, 0.717) is 77.4 Å².